The Balaban J connectivity index is 3.29. The van der Waals surface area contributed by atoms with Gasteiger partial charge in [-0.05, 0) is 44.4 Å². The molecule has 0 atom stereocenters. The minimum Gasteiger partial charge on any atom is -0.192 e. The average Bonchev–Trinajstić information content (AvgIpc) is 2.34. The fourth-order valence-electron chi connectivity index (χ4n) is 1.55. The fraction of sp³-hybridized carbons (Fsp3) is 0.400. The number of hydrogen-bond donors (Lipinski definition) is 0. The normalized spacial score (nSPS) is 11.3. The smallest absolute Gasteiger partial charge is 0.0998 e. The summed E-state index contributed by atoms with van der Waals surface area (Å²) in [7, 11) is 0. The van der Waals surface area contributed by atoms with E-state index < -0.39 is 0 Å². The zero-order valence-corrected chi connectivity index (χ0v) is 11.7. The van der Waals surface area contributed by atoms with Gasteiger partial charge in [0.25, 0.3) is 0 Å². The monoisotopic (exact) mass is 241 g/mol. The Kier molecular flexibility index (Phi) is 4.79. The van der Waals surface area contributed by atoms with Crippen molar-refractivity contribution < 1.29 is 0 Å². The van der Waals surface area contributed by atoms with E-state index in [1.807, 2.05) is 39.0 Å². The molecule has 3 nitrogen and oxygen atoms in total. The van der Waals surface area contributed by atoms with Crippen molar-refractivity contribution >= 4 is 11.4 Å². The van der Waals surface area contributed by atoms with Crippen molar-refractivity contribution in [1.82, 2.24) is 0 Å². The molecule has 0 saturated heterocycles. The first-order valence-electron chi connectivity index (χ1n) is 6.05. The molecule has 0 unspecified atom stereocenters. The third kappa shape index (κ3) is 3.53. The Hall–Kier alpha value is -1.95. The van der Waals surface area contributed by atoms with Gasteiger partial charge in [-0.2, -0.15) is 15.5 Å². The summed E-state index contributed by atoms with van der Waals surface area (Å²) in [4.78, 5) is 0. The van der Waals surface area contributed by atoms with Gasteiger partial charge in [0.2, 0.25) is 0 Å². The molecule has 0 fully saturated rings. The van der Waals surface area contributed by atoms with Crippen LogP contribution in [0.25, 0.3) is 0 Å². The van der Waals surface area contributed by atoms with Crippen LogP contribution in [0.5, 0.6) is 0 Å². The molecule has 0 heterocycles. The van der Waals surface area contributed by atoms with Gasteiger partial charge in [0.15, 0.2) is 0 Å². The fourth-order valence-corrected chi connectivity index (χ4v) is 1.55. The summed E-state index contributed by atoms with van der Waals surface area (Å²) in [6, 6.07) is 8.08. The number of nitrogens with zero attached hydrogens (tertiary/aromatic N) is 3. The maximum Gasteiger partial charge on any atom is 0.0998 e. The molecule has 1 aromatic rings. The van der Waals surface area contributed by atoms with E-state index in [9.17, 15) is 0 Å². The van der Waals surface area contributed by atoms with Crippen molar-refractivity contribution in [2.75, 3.05) is 0 Å². The van der Waals surface area contributed by atoms with Gasteiger partial charge in [0.05, 0.1) is 17.3 Å². The highest BCUT2D eigenvalue weighted by Crippen LogP contribution is 2.19. The first-order chi connectivity index (χ1) is 8.45. The standard InChI is InChI=1S/C15H19N3/c1-10(2)13-6-7-14(9-16)15(8-13)12(5)18-17-11(3)4/h6-8,10H,1-5H3/b18-12+. The molecular formula is C15H19N3. The van der Waals surface area contributed by atoms with Crippen LogP contribution in [0.1, 0.15) is 57.2 Å². The highest BCUT2D eigenvalue weighted by atomic mass is 15.2. The van der Waals surface area contributed by atoms with Gasteiger partial charge >= 0.3 is 0 Å². The van der Waals surface area contributed by atoms with Crippen LogP contribution in [-0.4, -0.2) is 11.4 Å². The SMILES string of the molecule is CC(C)=N/N=C(\C)c1cc(C(C)C)ccc1C#N. The van der Waals surface area contributed by atoms with Crippen LogP contribution in [0, 0.1) is 11.3 Å². The zero-order valence-electron chi connectivity index (χ0n) is 11.7. The Bertz CT molecular complexity index is 527. The third-order valence-corrected chi connectivity index (χ3v) is 2.62. The van der Waals surface area contributed by atoms with E-state index >= 15 is 0 Å². The molecule has 0 aromatic heterocycles. The largest absolute Gasteiger partial charge is 0.192 e. The predicted octanol–water partition coefficient (Wildman–Crippen LogP) is 3.89. The van der Waals surface area contributed by atoms with E-state index in [4.69, 9.17) is 5.26 Å². The summed E-state index contributed by atoms with van der Waals surface area (Å²) in [5.74, 6) is 0.431. The van der Waals surface area contributed by atoms with Crippen LogP contribution >= 0.6 is 0 Å². The molecule has 0 bridgehead atoms. The molecule has 0 saturated carbocycles. The first kappa shape index (κ1) is 14.1. The molecule has 1 rings (SSSR count). The van der Waals surface area contributed by atoms with E-state index in [0.717, 1.165) is 17.0 Å². The second-order valence-corrected chi connectivity index (χ2v) is 4.80. The molecule has 0 spiro atoms. The Morgan fingerprint density at radius 1 is 1.17 bits per heavy atom. The predicted molar refractivity (Wildman–Crippen MR) is 76.2 cm³/mol. The highest BCUT2D eigenvalue weighted by Gasteiger charge is 2.08. The van der Waals surface area contributed by atoms with Crippen LogP contribution in [0.4, 0.5) is 0 Å². The molecule has 0 amide bonds. The molecule has 3 heteroatoms. The van der Waals surface area contributed by atoms with Crippen LogP contribution in [0.2, 0.25) is 0 Å². The lowest BCUT2D eigenvalue weighted by Crippen LogP contribution is -2.01. The second-order valence-electron chi connectivity index (χ2n) is 4.80. The number of hydrogen-bond acceptors (Lipinski definition) is 3. The van der Waals surface area contributed by atoms with Crippen molar-refractivity contribution in [3.8, 4) is 6.07 Å². The molecule has 0 radical (unpaired) electrons. The number of benzene rings is 1. The van der Waals surface area contributed by atoms with Gasteiger partial charge in [0.1, 0.15) is 0 Å². The van der Waals surface area contributed by atoms with Crippen LogP contribution < -0.4 is 0 Å². The summed E-state index contributed by atoms with van der Waals surface area (Å²) in [6.45, 7) is 9.93. The van der Waals surface area contributed by atoms with E-state index in [0.29, 0.717) is 11.5 Å². The summed E-state index contributed by atoms with van der Waals surface area (Å²) in [6.07, 6.45) is 0. The van der Waals surface area contributed by atoms with Crippen molar-refractivity contribution in [3.63, 3.8) is 0 Å². The van der Waals surface area contributed by atoms with Gasteiger partial charge in [0, 0.05) is 11.3 Å². The molecule has 18 heavy (non-hydrogen) atoms. The van der Waals surface area contributed by atoms with Crippen LogP contribution in [0.3, 0.4) is 0 Å². The number of rotatable bonds is 3. The van der Waals surface area contributed by atoms with Crippen LogP contribution in [0.15, 0.2) is 28.4 Å². The first-order valence-corrected chi connectivity index (χ1v) is 6.05. The van der Waals surface area contributed by atoms with E-state index in [1.54, 1.807) is 0 Å². The highest BCUT2D eigenvalue weighted by molar-refractivity contribution is 6.01. The second kappa shape index (κ2) is 6.11. The Morgan fingerprint density at radius 2 is 1.83 bits per heavy atom. The van der Waals surface area contributed by atoms with Gasteiger partial charge in [-0.3, -0.25) is 0 Å². The van der Waals surface area contributed by atoms with Crippen molar-refractivity contribution in [1.29, 1.82) is 5.26 Å². The molecule has 1 aromatic carbocycles. The molecule has 94 valence electrons. The molecule has 0 aliphatic rings. The van der Waals surface area contributed by atoms with Crippen molar-refractivity contribution in [2.45, 2.75) is 40.5 Å². The van der Waals surface area contributed by atoms with Crippen molar-refractivity contribution in [3.05, 3.63) is 34.9 Å². The van der Waals surface area contributed by atoms with Crippen LogP contribution in [-0.2, 0) is 0 Å². The summed E-state index contributed by atoms with van der Waals surface area (Å²) in [5, 5.41) is 17.3. The lowest BCUT2D eigenvalue weighted by molar-refractivity contribution is 0.866. The van der Waals surface area contributed by atoms with Gasteiger partial charge in [-0.1, -0.05) is 19.9 Å². The summed E-state index contributed by atoms with van der Waals surface area (Å²) in [5.41, 5.74) is 4.39. The van der Waals surface area contributed by atoms with Crippen molar-refractivity contribution in [2.24, 2.45) is 10.2 Å². The van der Waals surface area contributed by atoms with Gasteiger partial charge < -0.3 is 0 Å². The average molecular weight is 241 g/mol. The summed E-state index contributed by atoms with van der Waals surface area (Å²) >= 11 is 0. The van der Waals surface area contributed by atoms with Gasteiger partial charge in [-0.15, -0.1) is 0 Å². The molecular weight excluding hydrogens is 222 g/mol. The minimum absolute atomic E-state index is 0.431. The third-order valence-electron chi connectivity index (χ3n) is 2.62. The Morgan fingerprint density at radius 3 is 2.33 bits per heavy atom. The van der Waals surface area contributed by atoms with Gasteiger partial charge in [-0.25, -0.2) is 0 Å². The maximum atomic E-state index is 9.13. The zero-order chi connectivity index (χ0) is 13.7. The topological polar surface area (TPSA) is 48.5 Å². The van der Waals surface area contributed by atoms with E-state index in [1.165, 1.54) is 5.56 Å². The lowest BCUT2D eigenvalue weighted by atomic mass is 9.96. The summed E-state index contributed by atoms with van der Waals surface area (Å²) < 4.78 is 0. The Labute approximate surface area is 109 Å². The molecule has 0 N–H and O–H groups in total. The molecule has 0 aliphatic heterocycles. The van der Waals surface area contributed by atoms with E-state index in [-0.39, 0.29) is 0 Å². The molecule has 0 aliphatic carbocycles. The minimum atomic E-state index is 0.431. The lowest BCUT2D eigenvalue weighted by Gasteiger charge is -2.09. The maximum absolute atomic E-state index is 9.13. The number of nitriles is 1. The quantitative estimate of drug-likeness (QED) is 0.585. The van der Waals surface area contributed by atoms with E-state index in [2.05, 4.69) is 30.1 Å².